The molecule has 1 aliphatic rings. The highest BCUT2D eigenvalue weighted by atomic mass is 32.7. The van der Waals surface area contributed by atoms with Crippen LogP contribution in [-0.4, -0.2) is 53.5 Å². The van der Waals surface area contributed by atoms with Gasteiger partial charge in [-0.15, -0.1) is 0 Å². The van der Waals surface area contributed by atoms with Crippen molar-refractivity contribution in [2.45, 2.75) is 31.6 Å². The van der Waals surface area contributed by atoms with Crippen molar-refractivity contribution in [3.63, 3.8) is 0 Å². The van der Waals surface area contributed by atoms with Crippen LogP contribution in [-0.2, 0) is 18.6 Å². The number of nitro groups is 1. The summed E-state index contributed by atoms with van der Waals surface area (Å²) in [6, 6.07) is 0. The van der Waals surface area contributed by atoms with Gasteiger partial charge in [-0.25, -0.2) is 0 Å². The van der Waals surface area contributed by atoms with Gasteiger partial charge in [0, 0.05) is 17.3 Å². The van der Waals surface area contributed by atoms with Gasteiger partial charge in [-0.05, 0) is 20.3 Å². The first-order valence-corrected chi connectivity index (χ1v) is 9.39. The summed E-state index contributed by atoms with van der Waals surface area (Å²) in [4.78, 5) is 22.2. The Bertz CT molecular complexity index is 408. The van der Waals surface area contributed by atoms with Crippen LogP contribution in [0.25, 0.3) is 0 Å². The van der Waals surface area contributed by atoms with Gasteiger partial charge in [0.25, 0.3) is 5.54 Å². The second kappa shape index (κ2) is 7.36. The SMILES string of the molecule is CC1(C)OCC(COP(=O)([O-])SCCCO)([N+](=O)[O-])CO1. The van der Waals surface area contributed by atoms with E-state index in [9.17, 15) is 19.6 Å². The molecule has 0 aromatic heterocycles. The van der Waals surface area contributed by atoms with E-state index in [0.717, 1.165) is 0 Å². The van der Waals surface area contributed by atoms with E-state index in [1.807, 2.05) is 0 Å². The first-order valence-electron chi connectivity index (χ1n) is 6.26. The minimum Gasteiger partial charge on any atom is -0.770 e. The fourth-order valence-electron chi connectivity index (χ4n) is 1.42. The van der Waals surface area contributed by atoms with E-state index in [-0.39, 0.29) is 25.6 Å². The summed E-state index contributed by atoms with van der Waals surface area (Å²) < 4.78 is 26.8. The van der Waals surface area contributed by atoms with Gasteiger partial charge < -0.3 is 24.0 Å². The quantitative estimate of drug-likeness (QED) is 0.287. The maximum atomic E-state index is 11.6. The van der Waals surface area contributed by atoms with Gasteiger partial charge in [0.1, 0.15) is 19.8 Å². The Balaban J connectivity index is 2.60. The number of ether oxygens (including phenoxy) is 2. The number of hydrogen-bond acceptors (Lipinski definition) is 9. The van der Waals surface area contributed by atoms with E-state index in [2.05, 4.69) is 0 Å². The molecule has 0 saturated carbocycles. The van der Waals surface area contributed by atoms with Crippen LogP contribution in [0.1, 0.15) is 20.3 Å². The molecular weight excluding hydrogens is 325 g/mol. The molecule has 21 heavy (non-hydrogen) atoms. The molecule has 1 rings (SSSR count). The Hall–Kier alpha value is -0.220. The lowest BCUT2D eigenvalue weighted by Gasteiger charge is -2.38. The van der Waals surface area contributed by atoms with Crippen LogP contribution >= 0.6 is 18.2 Å². The first-order chi connectivity index (χ1) is 9.63. The van der Waals surface area contributed by atoms with E-state index in [1.54, 1.807) is 13.8 Å². The van der Waals surface area contributed by atoms with Gasteiger partial charge >= 0.3 is 0 Å². The zero-order valence-corrected chi connectivity index (χ0v) is 13.6. The second-order valence-corrected chi connectivity index (χ2v) is 9.02. The second-order valence-electron chi connectivity index (χ2n) is 5.09. The topological polar surface area (TPSA) is 131 Å². The molecule has 0 aromatic carbocycles. The lowest BCUT2D eigenvalue weighted by molar-refractivity contribution is -0.598. The van der Waals surface area contributed by atoms with Gasteiger partial charge in [-0.3, -0.25) is 14.7 Å². The minimum atomic E-state index is -4.26. The van der Waals surface area contributed by atoms with E-state index in [1.165, 1.54) is 0 Å². The highest BCUT2D eigenvalue weighted by Crippen LogP contribution is 2.52. The molecule has 1 atom stereocenters. The predicted octanol–water partition coefficient (Wildman–Crippen LogP) is 0.385. The summed E-state index contributed by atoms with van der Waals surface area (Å²) in [6.07, 6.45) is 0.293. The molecule has 1 saturated heterocycles. The summed E-state index contributed by atoms with van der Waals surface area (Å²) in [7, 11) is 0. The molecule has 1 heterocycles. The molecule has 0 aromatic rings. The fraction of sp³-hybridized carbons (Fsp3) is 1.00. The molecule has 1 aliphatic heterocycles. The molecule has 0 bridgehead atoms. The summed E-state index contributed by atoms with van der Waals surface area (Å²) >= 11 is 0.516. The van der Waals surface area contributed by atoms with Crippen molar-refractivity contribution >= 4 is 18.2 Å². The molecule has 9 nitrogen and oxygen atoms in total. The van der Waals surface area contributed by atoms with E-state index in [4.69, 9.17) is 19.1 Å². The summed E-state index contributed by atoms with van der Waals surface area (Å²) in [6.45, 7) is -2.42. The third-order valence-corrected chi connectivity index (χ3v) is 5.85. The van der Waals surface area contributed by atoms with E-state index >= 15 is 0 Å². The number of aliphatic hydroxyl groups excluding tert-OH is 1. The molecule has 0 aliphatic carbocycles. The fourth-order valence-corrected chi connectivity index (χ4v) is 3.81. The Morgan fingerprint density at radius 3 is 2.48 bits per heavy atom. The number of rotatable bonds is 8. The average Bonchev–Trinajstić information content (AvgIpc) is 2.38. The smallest absolute Gasteiger partial charge is 0.291 e. The monoisotopic (exact) mass is 344 g/mol. The predicted molar refractivity (Wildman–Crippen MR) is 73.4 cm³/mol. The van der Waals surface area contributed by atoms with Gasteiger partial charge in [-0.1, -0.05) is 11.4 Å². The maximum Gasteiger partial charge on any atom is 0.291 e. The molecule has 0 amide bonds. The van der Waals surface area contributed by atoms with Crippen LogP contribution in [0.5, 0.6) is 0 Å². The third kappa shape index (κ3) is 5.82. The van der Waals surface area contributed by atoms with E-state index < -0.39 is 29.7 Å². The lowest BCUT2D eigenvalue weighted by Crippen LogP contribution is -2.58. The molecule has 1 fully saturated rings. The molecule has 0 spiro atoms. The number of nitrogens with zero attached hydrogens (tertiary/aromatic N) is 1. The van der Waals surface area contributed by atoms with Gasteiger partial charge in [0.05, 0.1) is 0 Å². The largest absolute Gasteiger partial charge is 0.770 e. The van der Waals surface area contributed by atoms with Crippen molar-refractivity contribution in [2.24, 2.45) is 0 Å². The highest BCUT2D eigenvalue weighted by molar-refractivity contribution is 8.54. The Morgan fingerprint density at radius 1 is 1.43 bits per heavy atom. The molecular formula is C10H19NO8PS-. The molecule has 1 N–H and O–H groups in total. The van der Waals surface area contributed by atoms with Crippen LogP contribution in [0.3, 0.4) is 0 Å². The molecule has 1 unspecified atom stereocenters. The van der Waals surface area contributed by atoms with Crippen molar-refractivity contribution in [2.75, 3.05) is 32.2 Å². The Kier molecular flexibility index (Phi) is 6.60. The molecule has 124 valence electrons. The van der Waals surface area contributed by atoms with Gasteiger partial charge in [0.15, 0.2) is 12.6 Å². The van der Waals surface area contributed by atoms with Crippen molar-refractivity contribution in [1.29, 1.82) is 0 Å². The van der Waals surface area contributed by atoms with Gasteiger partial charge in [0.2, 0.25) is 0 Å². The summed E-state index contributed by atoms with van der Waals surface area (Å²) in [5.41, 5.74) is -1.74. The lowest BCUT2D eigenvalue weighted by atomic mass is 10.0. The first kappa shape index (κ1) is 18.8. The van der Waals surface area contributed by atoms with Crippen LogP contribution in [0, 0.1) is 10.1 Å². The summed E-state index contributed by atoms with van der Waals surface area (Å²) in [5.74, 6) is -0.792. The van der Waals surface area contributed by atoms with Gasteiger partial charge in [-0.2, -0.15) is 0 Å². The number of aliphatic hydroxyl groups is 1. The Labute approximate surface area is 126 Å². The summed E-state index contributed by atoms with van der Waals surface area (Å²) in [5, 5.41) is 19.8. The molecule has 0 radical (unpaired) electrons. The van der Waals surface area contributed by atoms with Crippen LogP contribution < -0.4 is 4.89 Å². The van der Waals surface area contributed by atoms with Crippen LogP contribution in [0.2, 0.25) is 0 Å². The third-order valence-electron chi connectivity index (χ3n) is 2.81. The van der Waals surface area contributed by atoms with Crippen LogP contribution in [0.4, 0.5) is 0 Å². The molecule has 11 heteroatoms. The van der Waals surface area contributed by atoms with E-state index in [0.29, 0.717) is 17.8 Å². The minimum absolute atomic E-state index is 0.136. The zero-order chi connectivity index (χ0) is 16.1. The number of hydrogen-bond donors (Lipinski definition) is 1. The van der Waals surface area contributed by atoms with Crippen LogP contribution in [0.15, 0.2) is 0 Å². The highest BCUT2D eigenvalue weighted by Gasteiger charge is 2.51. The average molecular weight is 344 g/mol. The zero-order valence-electron chi connectivity index (χ0n) is 11.9. The standard InChI is InChI=1S/C10H20NO8PS/c1-9(2)17-6-10(7-18-9,11(13)14)8-19-20(15,16)21-5-3-4-12/h12H,3-8H2,1-2H3,(H,15,16)/p-1. The Morgan fingerprint density at radius 2 is 2.00 bits per heavy atom. The normalized spacial score (nSPS) is 23.4. The maximum absolute atomic E-state index is 11.6. The van der Waals surface area contributed by atoms with Crippen molar-refractivity contribution in [3.05, 3.63) is 10.1 Å². The van der Waals surface area contributed by atoms with Crippen molar-refractivity contribution in [3.8, 4) is 0 Å². The van der Waals surface area contributed by atoms with Crippen molar-refractivity contribution < 1.29 is 33.5 Å². The van der Waals surface area contributed by atoms with Crippen molar-refractivity contribution in [1.82, 2.24) is 0 Å².